The largest absolute Gasteiger partial charge is 0.383 e. The topological polar surface area (TPSA) is 52.5 Å². The zero-order valence-electron chi connectivity index (χ0n) is 16.1. The molecule has 1 aliphatic heterocycles. The van der Waals surface area contributed by atoms with Crippen LogP contribution in [0.3, 0.4) is 0 Å². The Morgan fingerprint density at radius 3 is 2.96 bits per heavy atom. The highest BCUT2D eigenvalue weighted by Crippen LogP contribution is 2.25. The van der Waals surface area contributed by atoms with E-state index < -0.39 is 0 Å². The number of aryl methyl sites for hydroxylation is 1. The monoisotopic (exact) mass is 358 g/mol. The van der Waals surface area contributed by atoms with Gasteiger partial charge in [0.25, 0.3) is 0 Å². The molecule has 5 heteroatoms. The van der Waals surface area contributed by atoms with Gasteiger partial charge in [0.1, 0.15) is 0 Å². The van der Waals surface area contributed by atoms with Crippen LogP contribution in [0.1, 0.15) is 38.7 Å². The highest BCUT2D eigenvalue weighted by Gasteiger charge is 2.29. The van der Waals surface area contributed by atoms with Crippen molar-refractivity contribution in [1.82, 2.24) is 9.88 Å². The molecule has 1 amide bonds. The Balaban J connectivity index is 1.61. The molecule has 1 fully saturated rings. The summed E-state index contributed by atoms with van der Waals surface area (Å²) in [7, 11) is 1.72. The predicted octanol–water partition coefficient (Wildman–Crippen LogP) is 3.29. The lowest BCUT2D eigenvalue weighted by Gasteiger charge is -2.35. The summed E-state index contributed by atoms with van der Waals surface area (Å²) >= 11 is 0. The maximum Gasteiger partial charge on any atom is 0.220 e. The summed E-state index contributed by atoms with van der Waals surface area (Å²) in [5, 5.41) is 4.41. The van der Waals surface area contributed by atoms with E-state index in [1.807, 2.05) is 0 Å². The Morgan fingerprint density at radius 1 is 1.38 bits per heavy atom. The number of carbonyl (C=O) groups excluding carboxylic acids is 1. The number of para-hydroxylation sites is 1. The first-order chi connectivity index (χ1) is 12.5. The summed E-state index contributed by atoms with van der Waals surface area (Å²) in [4.78, 5) is 12.4. The summed E-state index contributed by atoms with van der Waals surface area (Å²) in [5.41, 5.74) is 2.27. The highest BCUT2D eigenvalue weighted by molar-refractivity contribution is 5.85. The summed E-state index contributed by atoms with van der Waals surface area (Å²) in [6, 6.07) is 8.58. The van der Waals surface area contributed by atoms with Crippen molar-refractivity contribution in [3.63, 3.8) is 0 Å². The van der Waals surface area contributed by atoms with Crippen molar-refractivity contribution in [2.45, 2.75) is 57.7 Å². The minimum absolute atomic E-state index is 0.126. The van der Waals surface area contributed by atoms with Crippen LogP contribution in [0.2, 0.25) is 0 Å². The van der Waals surface area contributed by atoms with E-state index in [2.05, 4.69) is 54.2 Å². The first-order valence-corrected chi connectivity index (χ1v) is 9.47. The fraction of sp³-hybridized carbons (Fsp3) is 0.571. The van der Waals surface area contributed by atoms with E-state index in [0.29, 0.717) is 19.6 Å². The number of nitrogens with zero attached hydrogens (tertiary/aromatic N) is 1. The van der Waals surface area contributed by atoms with Crippen LogP contribution in [-0.4, -0.2) is 42.4 Å². The molecule has 0 bridgehead atoms. The van der Waals surface area contributed by atoms with Crippen molar-refractivity contribution >= 4 is 16.8 Å². The van der Waals surface area contributed by atoms with Crippen molar-refractivity contribution in [3.05, 3.63) is 36.0 Å². The summed E-state index contributed by atoms with van der Waals surface area (Å²) in [6.45, 7) is 6.38. The average Bonchev–Trinajstić information content (AvgIpc) is 2.95. The molecule has 1 aromatic carbocycles. The van der Waals surface area contributed by atoms with Crippen LogP contribution in [-0.2, 0) is 27.2 Å². The van der Waals surface area contributed by atoms with Crippen molar-refractivity contribution in [1.29, 1.82) is 0 Å². The number of hydrogen-bond donors (Lipinski definition) is 1. The second kappa shape index (κ2) is 8.23. The van der Waals surface area contributed by atoms with Gasteiger partial charge in [0, 0.05) is 49.8 Å². The number of benzene rings is 1. The Morgan fingerprint density at radius 2 is 2.19 bits per heavy atom. The lowest BCUT2D eigenvalue weighted by molar-refractivity contribution is -0.124. The van der Waals surface area contributed by atoms with Crippen molar-refractivity contribution < 1.29 is 14.3 Å². The van der Waals surface area contributed by atoms with Crippen LogP contribution in [0.4, 0.5) is 0 Å². The SMILES string of the molecule is COCCn1cc(CCC(=O)N[C@H]2CCOC(C)(C)C2)c2ccccc21. The van der Waals surface area contributed by atoms with E-state index in [9.17, 15) is 4.79 Å². The number of amides is 1. The molecule has 0 spiro atoms. The normalized spacial score (nSPS) is 19.6. The average molecular weight is 358 g/mol. The molecular weight excluding hydrogens is 328 g/mol. The van der Waals surface area contributed by atoms with Crippen LogP contribution in [0.25, 0.3) is 10.9 Å². The molecule has 1 saturated heterocycles. The third kappa shape index (κ3) is 4.65. The molecule has 1 aliphatic rings. The van der Waals surface area contributed by atoms with E-state index in [1.165, 1.54) is 16.5 Å². The molecule has 1 atom stereocenters. The van der Waals surface area contributed by atoms with Gasteiger partial charge in [-0.1, -0.05) is 18.2 Å². The molecule has 1 N–H and O–H groups in total. The Kier molecular flexibility index (Phi) is 5.99. The number of carbonyl (C=O) groups is 1. The van der Waals surface area contributed by atoms with E-state index in [0.717, 1.165) is 25.8 Å². The first-order valence-electron chi connectivity index (χ1n) is 9.47. The third-order valence-corrected chi connectivity index (χ3v) is 5.09. The Hall–Kier alpha value is -1.85. The zero-order chi connectivity index (χ0) is 18.6. The highest BCUT2D eigenvalue weighted by atomic mass is 16.5. The van der Waals surface area contributed by atoms with Gasteiger partial charge in [-0.2, -0.15) is 0 Å². The molecule has 2 heterocycles. The van der Waals surface area contributed by atoms with E-state index in [-0.39, 0.29) is 17.6 Å². The van der Waals surface area contributed by atoms with Gasteiger partial charge in [0.05, 0.1) is 12.2 Å². The molecule has 1 aromatic heterocycles. The molecule has 0 saturated carbocycles. The van der Waals surface area contributed by atoms with Gasteiger partial charge in [-0.15, -0.1) is 0 Å². The molecule has 5 nitrogen and oxygen atoms in total. The predicted molar refractivity (Wildman–Crippen MR) is 103 cm³/mol. The molecule has 3 rings (SSSR count). The number of ether oxygens (including phenoxy) is 2. The van der Waals surface area contributed by atoms with E-state index in [4.69, 9.17) is 9.47 Å². The van der Waals surface area contributed by atoms with Gasteiger partial charge in [0.2, 0.25) is 5.91 Å². The number of rotatable bonds is 7. The van der Waals surface area contributed by atoms with Gasteiger partial charge < -0.3 is 19.4 Å². The lowest BCUT2D eigenvalue weighted by Crippen LogP contribution is -2.45. The van der Waals surface area contributed by atoms with E-state index >= 15 is 0 Å². The van der Waals surface area contributed by atoms with Gasteiger partial charge in [-0.05, 0) is 44.7 Å². The second-order valence-corrected chi connectivity index (χ2v) is 7.72. The fourth-order valence-electron chi connectivity index (χ4n) is 3.80. The maximum absolute atomic E-state index is 12.4. The van der Waals surface area contributed by atoms with Gasteiger partial charge >= 0.3 is 0 Å². The van der Waals surface area contributed by atoms with Crippen LogP contribution in [0, 0.1) is 0 Å². The van der Waals surface area contributed by atoms with E-state index in [1.54, 1.807) is 7.11 Å². The van der Waals surface area contributed by atoms with Crippen molar-refractivity contribution in [3.8, 4) is 0 Å². The second-order valence-electron chi connectivity index (χ2n) is 7.72. The molecule has 0 radical (unpaired) electrons. The summed E-state index contributed by atoms with van der Waals surface area (Å²) < 4.78 is 13.1. The minimum Gasteiger partial charge on any atom is -0.383 e. The molecule has 0 aliphatic carbocycles. The zero-order valence-corrected chi connectivity index (χ0v) is 16.1. The van der Waals surface area contributed by atoms with Gasteiger partial charge in [-0.3, -0.25) is 4.79 Å². The standard InChI is InChI=1S/C21H30N2O3/c1-21(2)14-17(10-12-26-21)22-20(24)9-8-16-15-23(11-13-25-3)19-7-5-4-6-18(16)19/h4-7,15,17H,8-14H2,1-3H3,(H,22,24)/t17-/m0/s1. The van der Waals surface area contributed by atoms with Crippen LogP contribution in [0.5, 0.6) is 0 Å². The fourth-order valence-corrected chi connectivity index (χ4v) is 3.80. The maximum atomic E-state index is 12.4. The molecule has 2 aromatic rings. The van der Waals surface area contributed by atoms with Crippen LogP contribution >= 0.6 is 0 Å². The molecule has 142 valence electrons. The quantitative estimate of drug-likeness (QED) is 0.826. The summed E-state index contributed by atoms with van der Waals surface area (Å²) in [6.07, 6.45) is 5.18. The molecular formula is C21H30N2O3. The smallest absolute Gasteiger partial charge is 0.220 e. The van der Waals surface area contributed by atoms with Crippen LogP contribution < -0.4 is 5.32 Å². The number of fused-ring (bicyclic) bond motifs is 1. The molecule has 26 heavy (non-hydrogen) atoms. The summed E-state index contributed by atoms with van der Waals surface area (Å²) in [5.74, 6) is 0.126. The van der Waals surface area contributed by atoms with Crippen LogP contribution in [0.15, 0.2) is 30.5 Å². The number of aromatic nitrogens is 1. The Bertz CT molecular complexity index is 751. The lowest BCUT2D eigenvalue weighted by atomic mass is 9.94. The number of hydrogen-bond acceptors (Lipinski definition) is 3. The van der Waals surface area contributed by atoms with Gasteiger partial charge in [-0.25, -0.2) is 0 Å². The minimum atomic E-state index is -0.148. The first kappa shape index (κ1) is 18.9. The van der Waals surface area contributed by atoms with Crippen molar-refractivity contribution in [2.75, 3.05) is 20.3 Å². The van der Waals surface area contributed by atoms with Crippen molar-refractivity contribution in [2.24, 2.45) is 0 Å². The van der Waals surface area contributed by atoms with Gasteiger partial charge in [0.15, 0.2) is 0 Å². The number of methoxy groups -OCH3 is 1. The number of nitrogens with one attached hydrogen (secondary N) is 1. The molecule has 0 unspecified atom stereocenters. The third-order valence-electron chi connectivity index (χ3n) is 5.09. The Labute approximate surface area is 155 Å².